The lowest BCUT2D eigenvalue weighted by Crippen LogP contribution is -2.38. The van der Waals surface area contributed by atoms with Crippen molar-refractivity contribution in [2.24, 2.45) is 0 Å². The zero-order valence-electron chi connectivity index (χ0n) is 10.6. The van der Waals surface area contributed by atoms with Crippen LogP contribution >= 0.6 is 0 Å². The van der Waals surface area contributed by atoms with Crippen molar-refractivity contribution < 1.29 is 14.6 Å². The van der Waals surface area contributed by atoms with Gasteiger partial charge >= 0.3 is 5.97 Å². The molecule has 0 bridgehead atoms. The maximum Gasteiger partial charge on any atom is 0.356 e. The van der Waals surface area contributed by atoms with Crippen LogP contribution in [0.1, 0.15) is 23.0 Å². The van der Waals surface area contributed by atoms with Gasteiger partial charge in [-0.3, -0.25) is 9.58 Å². The number of morpholine rings is 1. The van der Waals surface area contributed by atoms with E-state index in [4.69, 9.17) is 9.84 Å². The molecule has 2 heterocycles. The molecule has 0 unspecified atom stereocenters. The average Bonchev–Trinajstić information content (AvgIpc) is 2.81. The second-order valence-electron chi connectivity index (χ2n) is 4.38. The monoisotopic (exact) mass is 253 g/mol. The number of aryl methyl sites for hydroxylation is 1. The Balaban J connectivity index is 1.94. The van der Waals surface area contributed by atoms with Crippen molar-refractivity contribution in [3.05, 3.63) is 17.5 Å². The Morgan fingerprint density at radius 3 is 2.72 bits per heavy atom. The second-order valence-corrected chi connectivity index (χ2v) is 4.38. The smallest absolute Gasteiger partial charge is 0.356 e. The first-order valence-corrected chi connectivity index (χ1v) is 6.30. The van der Waals surface area contributed by atoms with Gasteiger partial charge in [0.1, 0.15) is 0 Å². The van der Waals surface area contributed by atoms with E-state index in [1.807, 2.05) is 13.1 Å². The standard InChI is InChI=1S/C12H19N3O3/c1-2-10-9-15(13-11(10)12(16)17)4-3-14-5-7-18-8-6-14/h9H,2-8H2,1H3,(H,16,17). The first-order chi connectivity index (χ1) is 8.70. The molecule has 0 saturated carbocycles. The van der Waals surface area contributed by atoms with E-state index < -0.39 is 5.97 Å². The zero-order chi connectivity index (χ0) is 13.0. The van der Waals surface area contributed by atoms with Gasteiger partial charge in [0.2, 0.25) is 0 Å². The molecule has 18 heavy (non-hydrogen) atoms. The van der Waals surface area contributed by atoms with E-state index in [2.05, 4.69) is 10.00 Å². The largest absolute Gasteiger partial charge is 0.476 e. The summed E-state index contributed by atoms with van der Waals surface area (Å²) in [4.78, 5) is 13.3. The number of carboxylic acids is 1. The van der Waals surface area contributed by atoms with Gasteiger partial charge in [-0.15, -0.1) is 0 Å². The molecule has 1 fully saturated rings. The molecule has 2 rings (SSSR count). The van der Waals surface area contributed by atoms with Gasteiger partial charge in [-0.1, -0.05) is 6.92 Å². The molecular formula is C12H19N3O3. The van der Waals surface area contributed by atoms with Crippen LogP contribution in [-0.2, 0) is 17.7 Å². The van der Waals surface area contributed by atoms with E-state index in [1.54, 1.807) is 4.68 Å². The predicted molar refractivity (Wildman–Crippen MR) is 65.8 cm³/mol. The molecular weight excluding hydrogens is 234 g/mol. The van der Waals surface area contributed by atoms with E-state index >= 15 is 0 Å². The van der Waals surface area contributed by atoms with Crippen LogP contribution < -0.4 is 0 Å². The molecule has 1 aliphatic heterocycles. The van der Waals surface area contributed by atoms with Crippen LogP contribution in [0.4, 0.5) is 0 Å². The lowest BCUT2D eigenvalue weighted by molar-refractivity contribution is 0.0359. The number of aromatic carboxylic acids is 1. The minimum atomic E-state index is -0.947. The molecule has 100 valence electrons. The Bertz CT molecular complexity index is 411. The van der Waals surface area contributed by atoms with Crippen LogP contribution in [0.5, 0.6) is 0 Å². The molecule has 0 atom stereocenters. The fourth-order valence-corrected chi connectivity index (χ4v) is 2.08. The summed E-state index contributed by atoms with van der Waals surface area (Å²) < 4.78 is 7.02. The number of aromatic nitrogens is 2. The fourth-order valence-electron chi connectivity index (χ4n) is 2.08. The van der Waals surface area contributed by atoms with Gasteiger partial charge < -0.3 is 9.84 Å². The van der Waals surface area contributed by atoms with Crippen molar-refractivity contribution in [3.63, 3.8) is 0 Å². The van der Waals surface area contributed by atoms with Crippen molar-refractivity contribution in [3.8, 4) is 0 Å². The maximum absolute atomic E-state index is 11.0. The first-order valence-electron chi connectivity index (χ1n) is 6.30. The summed E-state index contributed by atoms with van der Waals surface area (Å²) in [6.45, 7) is 6.98. The highest BCUT2D eigenvalue weighted by atomic mass is 16.5. The highest BCUT2D eigenvalue weighted by molar-refractivity contribution is 5.86. The van der Waals surface area contributed by atoms with Gasteiger partial charge in [0.15, 0.2) is 5.69 Å². The Kier molecular flexibility index (Phi) is 4.33. The van der Waals surface area contributed by atoms with E-state index in [9.17, 15) is 4.79 Å². The van der Waals surface area contributed by atoms with Crippen molar-refractivity contribution in [1.29, 1.82) is 0 Å². The van der Waals surface area contributed by atoms with Crippen LogP contribution in [0, 0.1) is 0 Å². The Hall–Kier alpha value is -1.40. The molecule has 0 amide bonds. The number of hydrogen-bond donors (Lipinski definition) is 1. The fraction of sp³-hybridized carbons (Fsp3) is 0.667. The van der Waals surface area contributed by atoms with Crippen molar-refractivity contribution in [2.75, 3.05) is 32.8 Å². The van der Waals surface area contributed by atoms with E-state index in [0.29, 0.717) is 6.42 Å². The van der Waals surface area contributed by atoms with Crippen LogP contribution in [0.3, 0.4) is 0 Å². The average molecular weight is 253 g/mol. The van der Waals surface area contributed by atoms with E-state index in [1.165, 1.54) is 0 Å². The molecule has 0 spiro atoms. The summed E-state index contributed by atoms with van der Waals surface area (Å²) >= 11 is 0. The highest BCUT2D eigenvalue weighted by Crippen LogP contribution is 2.08. The molecule has 1 aromatic heterocycles. The molecule has 6 nitrogen and oxygen atoms in total. The molecule has 6 heteroatoms. The number of rotatable bonds is 5. The molecule has 0 aromatic carbocycles. The molecule has 1 aromatic rings. The Morgan fingerprint density at radius 2 is 2.17 bits per heavy atom. The maximum atomic E-state index is 11.0. The summed E-state index contributed by atoms with van der Waals surface area (Å²) in [5, 5.41) is 13.1. The number of carboxylic acid groups (broad SMARTS) is 1. The molecule has 1 N–H and O–H groups in total. The summed E-state index contributed by atoms with van der Waals surface area (Å²) in [6, 6.07) is 0. The molecule has 1 aliphatic rings. The lowest BCUT2D eigenvalue weighted by atomic mass is 10.2. The van der Waals surface area contributed by atoms with Gasteiger partial charge in [-0.25, -0.2) is 4.79 Å². The third kappa shape index (κ3) is 3.08. The zero-order valence-corrected chi connectivity index (χ0v) is 10.6. The van der Waals surface area contributed by atoms with Crippen molar-refractivity contribution in [1.82, 2.24) is 14.7 Å². The van der Waals surface area contributed by atoms with Crippen LogP contribution in [0.2, 0.25) is 0 Å². The summed E-state index contributed by atoms with van der Waals surface area (Å²) in [6.07, 6.45) is 2.53. The minimum Gasteiger partial charge on any atom is -0.476 e. The van der Waals surface area contributed by atoms with E-state index in [-0.39, 0.29) is 5.69 Å². The van der Waals surface area contributed by atoms with Gasteiger partial charge in [-0.2, -0.15) is 5.10 Å². The molecule has 0 radical (unpaired) electrons. The SMILES string of the molecule is CCc1cn(CCN2CCOCC2)nc1C(=O)O. The Morgan fingerprint density at radius 1 is 1.44 bits per heavy atom. The summed E-state index contributed by atoms with van der Waals surface area (Å²) in [5.74, 6) is -0.947. The van der Waals surface area contributed by atoms with Gasteiger partial charge in [-0.05, 0) is 6.42 Å². The van der Waals surface area contributed by atoms with E-state index in [0.717, 1.165) is 45.0 Å². The van der Waals surface area contributed by atoms with Crippen molar-refractivity contribution in [2.45, 2.75) is 19.9 Å². The van der Waals surface area contributed by atoms with Gasteiger partial charge in [0.05, 0.1) is 19.8 Å². The van der Waals surface area contributed by atoms with Crippen LogP contribution in [0.15, 0.2) is 6.20 Å². The highest BCUT2D eigenvalue weighted by Gasteiger charge is 2.15. The Labute approximate surface area is 106 Å². The molecule has 0 aliphatic carbocycles. The van der Waals surface area contributed by atoms with Crippen LogP contribution in [0.25, 0.3) is 0 Å². The number of ether oxygens (including phenoxy) is 1. The lowest BCUT2D eigenvalue weighted by Gasteiger charge is -2.26. The number of carbonyl (C=O) groups is 1. The third-order valence-electron chi connectivity index (χ3n) is 3.17. The third-order valence-corrected chi connectivity index (χ3v) is 3.17. The first kappa shape index (κ1) is 13.0. The quantitative estimate of drug-likeness (QED) is 0.826. The van der Waals surface area contributed by atoms with Gasteiger partial charge in [0, 0.05) is 31.4 Å². The summed E-state index contributed by atoms with van der Waals surface area (Å²) in [5.41, 5.74) is 0.976. The van der Waals surface area contributed by atoms with Crippen LogP contribution in [-0.4, -0.2) is 58.6 Å². The number of nitrogens with zero attached hydrogens (tertiary/aromatic N) is 3. The number of hydrogen-bond acceptors (Lipinski definition) is 4. The molecule has 1 saturated heterocycles. The summed E-state index contributed by atoms with van der Waals surface area (Å²) in [7, 11) is 0. The predicted octanol–water partition coefficient (Wildman–Crippen LogP) is 0.476. The van der Waals surface area contributed by atoms with Gasteiger partial charge in [0.25, 0.3) is 0 Å². The second kappa shape index (κ2) is 5.97. The topological polar surface area (TPSA) is 67.6 Å². The minimum absolute atomic E-state index is 0.180. The van der Waals surface area contributed by atoms with Crippen molar-refractivity contribution >= 4 is 5.97 Å². The normalized spacial score (nSPS) is 16.9.